The first kappa shape index (κ1) is 25.9. The fraction of sp³-hybridized carbons (Fsp3) is 0.577. The van der Waals surface area contributed by atoms with Crippen LogP contribution in [0.25, 0.3) is 0 Å². The van der Waals surface area contributed by atoms with Gasteiger partial charge >= 0.3 is 5.97 Å². The first-order chi connectivity index (χ1) is 15.2. The van der Waals surface area contributed by atoms with E-state index in [2.05, 4.69) is 19.6 Å². The van der Waals surface area contributed by atoms with Crippen molar-refractivity contribution in [3.63, 3.8) is 0 Å². The fourth-order valence-electron chi connectivity index (χ4n) is 4.45. The summed E-state index contributed by atoms with van der Waals surface area (Å²) in [6.07, 6.45) is 6.73. The van der Waals surface area contributed by atoms with Gasteiger partial charge in [0.25, 0.3) is 0 Å². The number of rotatable bonds is 11. The predicted molar refractivity (Wildman–Crippen MR) is 125 cm³/mol. The molecule has 1 aromatic carbocycles. The third kappa shape index (κ3) is 6.59. The Hall–Kier alpha value is -2.31. The SMILES string of the molecule is C=C(C)CC1CCC(C)=CC1c1c(O)cc(CCCCC)c(C(=O)OCC(O)CO)c1O. The summed E-state index contributed by atoms with van der Waals surface area (Å²) in [6.45, 7) is 9.19. The van der Waals surface area contributed by atoms with Gasteiger partial charge in [-0.3, -0.25) is 0 Å². The molecule has 0 saturated carbocycles. The van der Waals surface area contributed by atoms with E-state index in [1.54, 1.807) is 6.07 Å². The zero-order chi connectivity index (χ0) is 23.8. The highest BCUT2D eigenvalue weighted by atomic mass is 16.5. The summed E-state index contributed by atoms with van der Waals surface area (Å²) < 4.78 is 5.18. The van der Waals surface area contributed by atoms with Crippen LogP contribution in [0.15, 0.2) is 29.9 Å². The first-order valence-corrected chi connectivity index (χ1v) is 11.5. The Morgan fingerprint density at radius 1 is 1.31 bits per heavy atom. The quantitative estimate of drug-likeness (QED) is 0.222. The molecule has 0 heterocycles. The molecule has 0 saturated heterocycles. The number of benzene rings is 1. The van der Waals surface area contributed by atoms with Crippen molar-refractivity contribution in [2.45, 2.75) is 77.7 Å². The molecule has 0 aliphatic heterocycles. The molecule has 32 heavy (non-hydrogen) atoms. The summed E-state index contributed by atoms with van der Waals surface area (Å²) >= 11 is 0. The number of hydrogen-bond acceptors (Lipinski definition) is 6. The van der Waals surface area contributed by atoms with Crippen molar-refractivity contribution in [2.75, 3.05) is 13.2 Å². The minimum atomic E-state index is -1.19. The summed E-state index contributed by atoms with van der Waals surface area (Å²) in [5.74, 6) is -1.15. The average Bonchev–Trinajstić information content (AvgIpc) is 2.73. The predicted octanol–water partition coefficient (Wildman–Crippen LogP) is 4.75. The fourth-order valence-corrected chi connectivity index (χ4v) is 4.45. The number of esters is 1. The van der Waals surface area contributed by atoms with Crippen LogP contribution < -0.4 is 0 Å². The van der Waals surface area contributed by atoms with Gasteiger partial charge in [-0.2, -0.15) is 0 Å². The number of allylic oxidation sites excluding steroid dienone is 3. The zero-order valence-electron chi connectivity index (χ0n) is 19.6. The maximum Gasteiger partial charge on any atom is 0.342 e. The van der Waals surface area contributed by atoms with Crippen molar-refractivity contribution in [3.05, 3.63) is 46.6 Å². The second kappa shape index (κ2) is 12.1. The lowest BCUT2D eigenvalue weighted by atomic mass is 9.73. The van der Waals surface area contributed by atoms with Crippen LogP contribution in [0.2, 0.25) is 0 Å². The number of hydrogen-bond donors (Lipinski definition) is 4. The topological polar surface area (TPSA) is 107 Å². The molecule has 0 amide bonds. The van der Waals surface area contributed by atoms with Crippen LogP contribution in [0, 0.1) is 5.92 Å². The van der Waals surface area contributed by atoms with E-state index < -0.39 is 18.7 Å². The van der Waals surface area contributed by atoms with E-state index >= 15 is 0 Å². The molecule has 0 spiro atoms. The number of ether oxygens (including phenoxy) is 1. The molecule has 3 unspecified atom stereocenters. The molecule has 3 atom stereocenters. The lowest BCUT2D eigenvalue weighted by Gasteiger charge is -2.32. The monoisotopic (exact) mass is 446 g/mol. The van der Waals surface area contributed by atoms with E-state index in [1.807, 2.05) is 13.8 Å². The van der Waals surface area contributed by atoms with Crippen molar-refractivity contribution in [2.24, 2.45) is 5.92 Å². The minimum Gasteiger partial charge on any atom is -0.507 e. The van der Waals surface area contributed by atoms with Gasteiger partial charge in [-0.15, -0.1) is 6.58 Å². The largest absolute Gasteiger partial charge is 0.507 e. The van der Waals surface area contributed by atoms with Crippen molar-refractivity contribution in [1.82, 2.24) is 0 Å². The van der Waals surface area contributed by atoms with E-state index in [-0.39, 0.29) is 35.5 Å². The normalized spacial score (nSPS) is 19.3. The number of aliphatic hydroxyl groups excluding tert-OH is 2. The molecule has 1 aliphatic carbocycles. The van der Waals surface area contributed by atoms with Gasteiger partial charge in [0.1, 0.15) is 29.8 Å². The number of aryl methyl sites for hydroxylation is 1. The average molecular weight is 447 g/mol. The maximum absolute atomic E-state index is 12.9. The van der Waals surface area contributed by atoms with E-state index in [1.165, 1.54) is 5.57 Å². The van der Waals surface area contributed by atoms with Crippen LogP contribution in [-0.2, 0) is 11.2 Å². The summed E-state index contributed by atoms with van der Waals surface area (Å²) in [5, 5.41) is 40.8. The van der Waals surface area contributed by atoms with Crippen LogP contribution in [0.1, 0.15) is 86.7 Å². The number of carbonyl (C=O) groups is 1. The molecule has 6 heteroatoms. The standard InChI is InChI=1S/C26H38O6/c1-5-6-7-8-19-13-22(29)24(21-12-17(4)9-10-18(21)11-16(2)3)25(30)23(19)26(31)32-15-20(28)14-27/h12-13,18,20-21,27-30H,2,5-11,14-15H2,1,3-4H3. The minimum absolute atomic E-state index is 0.0244. The number of aliphatic hydroxyl groups is 2. The van der Waals surface area contributed by atoms with Crippen molar-refractivity contribution >= 4 is 5.97 Å². The summed E-state index contributed by atoms with van der Waals surface area (Å²) in [6, 6.07) is 1.57. The van der Waals surface area contributed by atoms with Gasteiger partial charge < -0.3 is 25.2 Å². The van der Waals surface area contributed by atoms with Crippen molar-refractivity contribution in [1.29, 1.82) is 0 Å². The molecule has 2 rings (SSSR count). The highest BCUT2D eigenvalue weighted by molar-refractivity contribution is 5.95. The lowest BCUT2D eigenvalue weighted by Crippen LogP contribution is -2.23. The molecule has 6 nitrogen and oxygen atoms in total. The molecule has 178 valence electrons. The number of phenols is 2. The highest BCUT2D eigenvalue weighted by Gasteiger charge is 2.33. The van der Waals surface area contributed by atoms with Gasteiger partial charge in [-0.05, 0) is 63.5 Å². The van der Waals surface area contributed by atoms with Crippen molar-refractivity contribution in [3.8, 4) is 11.5 Å². The molecular formula is C26H38O6. The van der Waals surface area contributed by atoms with Gasteiger partial charge in [0.15, 0.2) is 0 Å². The Morgan fingerprint density at radius 2 is 2.03 bits per heavy atom. The van der Waals surface area contributed by atoms with Gasteiger partial charge in [0.05, 0.1) is 6.61 Å². The molecule has 1 aromatic rings. The summed E-state index contributed by atoms with van der Waals surface area (Å²) in [4.78, 5) is 12.9. The van der Waals surface area contributed by atoms with Crippen LogP contribution in [0.3, 0.4) is 0 Å². The number of unbranched alkanes of at least 4 members (excludes halogenated alkanes) is 2. The van der Waals surface area contributed by atoms with Gasteiger partial charge in [0.2, 0.25) is 0 Å². The molecular weight excluding hydrogens is 408 g/mol. The Labute approximate surface area is 191 Å². The Bertz CT molecular complexity index is 841. The van der Waals surface area contributed by atoms with E-state index in [0.717, 1.165) is 44.1 Å². The lowest BCUT2D eigenvalue weighted by molar-refractivity contribution is 0.00902. The molecule has 0 fully saturated rings. The van der Waals surface area contributed by atoms with Crippen molar-refractivity contribution < 1.29 is 30.0 Å². The summed E-state index contributed by atoms with van der Waals surface area (Å²) in [5.41, 5.74) is 3.09. The van der Waals surface area contributed by atoms with E-state index in [0.29, 0.717) is 17.5 Å². The third-order valence-electron chi connectivity index (χ3n) is 6.10. The van der Waals surface area contributed by atoms with Gasteiger partial charge in [-0.1, -0.05) is 37.0 Å². The Balaban J connectivity index is 2.54. The second-order valence-electron chi connectivity index (χ2n) is 9.08. The molecule has 0 aromatic heterocycles. The number of phenolic OH excluding ortho intramolecular Hbond substituents is 2. The second-order valence-corrected chi connectivity index (χ2v) is 9.08. The van der Waals surface area contributed by atoms with Gasteiger partial charge in [-0.25, -0.2) is 4.79 Å². The number of carbonyl (C=O) groups excluding carboxylic acids is 1. The zero-order valence-corrected chi connectivity index (χ0v) is 19.6. The smallest absolute Gasteiger partial charge is 0.342 e. The van der Waals surface area contributed by atoms with Crippen LogP contribution in [0.4, 0.5) is 0 Å². The summed E-state index contributed by atoms with van der Waals surface area (Å²) in [7, 11) is 0. The Kier molecular flexibility index (Phi) is 9.79. The van der Waals surface area contributed by atoms with Crippen LogP contribution in [-0.4, -0.2) is 45.7 Å². The number of aromatic hydroxyl groups is 2. The first-order valence-electron chi connectivity index (χ1n) is 11.5. The molecule has 0 bridgehead atoms. The maximum atomic E-state index is 12.9. The third-order valence-corrected chi connectivity index (χ3v) is 6.10. The van der Waals surface area contributed by atoms with Gasteiger partial charge in [0, 0.05) is 11.5 Å². The Morgan fingerprint density at radius 3 is 2.66 bits per heavy atom. The van der Waals surface area contributed by atoms with Crippen LogP contribution >= 0.6 is 0 Å². The molecule has 0 radical (unpaired) electrons. The van der Waals surface area contributed by atoms with E-state index in [4.69, 9.17) is 9.84 Å². The van der Waals surface area contributed by atoms with E-state index in [9.17, 15) is 20.1 Å². The highest BCUT2D eigenvalue weighted by Crippen LogP contribution is 2.48. The molecule has 1 aliphatic rings. The van der Waals surface area contributed by atoms with Crippen LogP contribution in [0.5, 0.6) is 11.5 Å². The molecule has 4 N–H and O–H groups in total.